The Bertz CT molecular complexity index is 206. The van der Waals surface area contributed by atoms with E-state index in [1.807, 2.05) is 0 Å². The van der Waals surface area contributed by atoms with E-state index in [0.717, 1.165) is 24.3 Å². The average Bonchev–Trinajstić information content (AvgIpc) is 2.70. The third-order valence-electron chi connectivity index (χ3n) is 4.12. The Morgan fingerprint density at radius 2 is 2.00 bits per heavy atom. The molecule has 2 aliphatic rings. The van der Waals surface area contributed by atoms with Gasteiger partial charge in [-0.3, -0.25) is 4.90 Å². The van der Waals surface area contributed by atoms with Crippen LogP contribution < -0.4 is 5.73 Å². The number of likely N-dealkylation sites (tertiary alicyclic amines) is 1. The van der Waals surface area contributed by atoms with Crippen LogP contribution in [0.3, 0.4) is 0 Å². The maximum atomic E-state index is 6.02. The van der Waals surface area contributed by atoms with Crippen LogP contribution in [0, 0.1) is 17.8 Å². The lowest BCUT2D eigenvalue weighted by Gasteiger charge is -2.42. The molecule has 2 heterocycles. The molecule has 0 radical (unpaired) electrons. The fourth-order valence-corrected chi connectivity index (χ4v) is 4.81. The lowest BCUT2D eigenvalue weighted by atomic mass is 9.88. The first-order valence-electron chi connectivity index (χ1n) is 6.72. The van der Waals surface area contributed by atoms with E-state index in [-0.39, 0.29) is 0 Å². The van der Waals surface area contributed by atoms with Gasteiger partial charge < -0.3 is 5.73 Å². The third-order valence-corrected chi connectivity index (χ3v) is 5.30. The van der Waals surface area contributed by atoms with Crippen LogP contribution in [0.2, 0.25) is 0 Å². The second-order valence-corrected chi connectivity index (χ2v) is 6.98. The van der Waals surface area contributed by atoms with Crippen LogP contribution in [0.25, 0.3) is 0 Å². The molecule has 3 heteroatoms. The van der Waals surface area contributed by atoms with Gasteiger partial charge in [0.2, 0.25) is 0 Å². The fourth-order valence-electron chi connectivity index (χ4n) is 3.48. The number of piperidine rings is 1. The molecule has 0 saturated carbocycles. The molecular weight excluding hydrogens is 216 g/mol. The summed E-state index contributed by atoms with van der Waals surface area (Å²) in [5, 5.41) is 0. The Morgan fingerprint density at radius 1 is 1.31 bits per heavy atom. The van der Waals surface area contributed by atoms with Gasteiger partial charge in [0, 0.05) is 25.7 Å². The summed E-state index contributed by atoms with van der Waals surface area (Å²) >= 11 is 2.11. The van der Waals surface area contributed by atoms with Crippen LogP contribution in [0.15, 0.2) is 0 Å². The van der Waals surface area contributed by atoms with Gasteiger partial charge in [0.1, 0.15) is 0 Å². The van der Waals surface area contributed by atoms with E-state index in [4.69, 9.17) is 5.73 Å². The van der Waals surface area contributed by atoms with Crippen LogP contribution in [-0.2, 0) is 0 Å². The SMILES string of the molecule is CC1CC(C)CN(C(CN)C2CCSC2)C1. The van der Waals surface area contributed by atoms with E-state index in [9.17, 15) is 0 Å². The summed E-state index contributed by atoms with van der Waals surface area (Å²) in [6.07, 6.45) is 2.78. The molecule has 16 heavy (non-hydrogen) atoms. The van der Waals surface area contributed by atoms with Gasteiger partial charge in [-0.2, -0.15) is 11.8 Å². The van der Waals surface area contributed by atoms with Gasteiger partial charge in [0.15, 0.2) is 0 Å². The van der Waals surface area contributed by atoms with Crippen molar-refractivity contribution >= 4 is 11.8 Å². The van der Waals surface area contributed by atoms with Crippen LogP contribution in [-0.4, -0.2) is 42.1 Å². The minimum atomic E-state index is 0.653. The van der Waals surface area contributed by atoms with Gasteiger partial charge in [0.05, 0.1) is 0 Å². The summed E-state index contributed by atoms with van der Waals surface area (Å²) in [5.41, 5.74) is 6.02. The Morgan fingerprint density at radius 3 is 2.50 bits per heavy atom. The Kier molecular flexibility index (Phi) is 4.57. The summed E-state index contributed by atoms with van der Waals surface area (Å²) < 4.78 is 0. The topological polar surface area (TPSA) is 29.3 Å². The Hall–Kier alpha value is 0.270. The van der Waals surface area contributed by atoms with Crippen molar-refractivity contribution < 1.29 is 0 Å². The molecule has 2 rings (SSSR count). The maximum absolute atomic E-state index is 6.02. The highest BCUT2D eigenvalue weighted by atomic mass is 32.2. The van der Waals surface area contributed by atoms with E-state index in [0.29, 0.717) is 6.04 Å². The molecule has 0 aromatic heterocycles. The largest absolute Gasteiger partial charge is 0.329 e. The molecule has 0 aromatic carbocycles. The van der Waals surface area contributed by atoms with Crippen molar-refractivity contribution in [2.24, 2.45) is 23.5 Å². The minimum Gasteiger partial charge on any atom is -0.329 e. The van der Waals surface area contributed by atoms with Gasteiger partial charge in [-0.15, -0.1) is 0 Å². The van der Waals surface area contributed by atoms with Crippen molar-refractivity contribution in [2.75, 3.05) is 31.1 Å². The molecule has 2 N–H and O–H groups in total. The summed E-state index contributed by atoms with van der Waals surface area (Å²) in [7, 11) is 0. The summed E-state index contributed by atoms with van der Waals surface area (Å²) in [6, 6.07) is 0.653. The van der Waals surface area contributed by atoms with E-state index in [1.54, 1.807) is 0 Å². The highest BCUT2D eigenvalue weighted by Crippen LogP contribution is 2.31. The van der Waals surface area contributed by atoms with Crippen molar-refractivity contribution in [1.82, 2.24) is 4.90 Å². The highest BCUT2D eigenvalue weighted by molar-refractivity contribution is 7.99. The molecule has 0 aliphatic carbocycles. The Labute approximate surface area is 104 Å². The lowest BCUT2D eigenvalue weighted by molar-refractivity contribution is 0.0743. The molecule has 4 atom stereocenters. The molecule has 2 aliphatic heterocycles. The molecule has 0 spiro atoms. The van der Waals surface area contributed by atoms with Crippen molar-refractivity contribution in [3.63, 3.8) is 0 Å². The van der Waals surface area contributed by atoms with Gasteiger partial charge in [-0.25, -0.2) is 0 Å². The van der Waals surface area contributed by atoms with Crippen molar-refractivity contribution in [1.29, 1.82) is 0 Å². The van der Waals surface area contributed by atoms with Crippen molar-refractivity contribution in [3.8, 4) is 0 Å². The predicted molar refractivity (Wildman–Crippen MR) is 72.8 cm³/mol. The summed E-state index contributed by atoms with van der Waals surface area (Å²) in [4.78, 5) is 2.69. The molecule has 94 valence electrons. The molecule has 0 bridgehead atoms. The molecule has 4 unspecified atom stereocenters. The van der Waals surface area contributed by atoms with Gasteiger partial charge in [-0.1, -0.05) is 13.8 Å². The van der Waals surface area contributed by atoms with E-state index < -0.39 is 0 Å². The first-order chi connectivity index (χ1) is 7.70. The molecule has 2 saturated heterocycles. The van der Waals surface area contributed by atoms with E-state index >= 15 is 0 Å². The molecule has 2 nitrogen and oxygen atoms in total. The highest BCUT2D eigenvalue weighted by Gasteiger charge is 2.32. The van der Waals surface area contributed by atoms with Gasteiger partial charge in [0.25, 0.3) is 0 Å². The quantitative estimate of drug-likeness (QED) is 0.821. The van der Waals surface area contributed by atoms with Gasteiger partial charge in [-0.05, 0) is 42.1 Å². The van der Waals surface area contributed by atoms with Crippen LogP contribution >= 0.6 is 11.8 Å². The van der Waals surface area contributed by atoms with E-state index in [2.05, 4.69) is 30.5 Å². The number of rotatable bonds is 3. The smallest absolute Gasteiger partial charge is 0.0255 e. The zero-order chi connectivity index (χ0) is 11.5. The predicted octanol–water partition coefficient (Wildman–Crippen LogP) is 2.04. The fraction of sp³-hybridized carbons (Fsp3) is 1.00. The minimum absolute atomic E-state index is 0.653. The average molecular weight is 242 g/mol. The molecular formula is C13H26N2S. The summed E-state index contributed by atoms with van der Waals surface area (Å²) in [6.45, 7) is 8.17. The van der Waals surface area contributed by atoms with E-state index in [1.165, 1.54) is 37.4 Å². The first kappa shape index (κ1) is 12.7. The standard InChI is InChI=1S/C13H26N2S/c1-10-5-11(2)8-15(7-10)13(6-14)12-3-4-16-9-12/h10-13H,3-9,14H2,1-2H3. The Balaban J connectivity index is 1.96. The molecule has 2 fully saturated rings. The third kappa shape index (κ3) is 2.93. The lowest BCUT2D eigenvalue weighted by Crippen LogP contribution is -2.51. The van der Waals surface area contributed by atoms with Crippen molar-refractivity contribution in [3.05, 3.63) is 0 Å². The van der Waals surface area contributed by atoms with Crippen LogP contribution in [0.4, 0.5) is 0 Å². The molecule has 0 aromatic rings. The van der Waals surface area contributed by atoms with Gasteiger partial charge >= 0.3 is 0 Å². The number of hydrogen-bond acceptors (Lipinski definition) is 3. The first-order valence-corrected chi connectivity index (χ1v) is 7.88. The van der Waals surface area contributed by atoms with Crippen LogP contribution in [0.1, 0.15) is 26.7 Å². The maximum Gasteiger partial charge on any atom is 0.0255 e. The van der Waals surface area contributed by atoms with Crippen LogP contribution in [0.5, 0.6) is 0 Å². The normalized spacial score (nSPS) is 38.8. The second-order valence-electron chi connectivity index (χ2n) is 5.83. The summed E-state index contributed by atoms with van der Waals surface area (Å²) in [5.74, 6) is 5.24. The number of hydrogen-bond donors (Lipinski definition) is 1. The molecule has 0 amide bonds. The number of nitrogens with zero attached hydrogens (tertiary/aromatic N) is 1. The van der Waals surface area contributed by atoms with Crippen molar-refractivity contribution in [2.45, 2.75) is 32.7 Å². The number of thioether (sulfide) groups is 1. The zero-order valence-electron chi connectivity index (χ0n) is 10.7. The number of nitrogens with two attached hydrogens (primary N) is 1. The zero-order valence-corrected chi connectivity index (χ0v) is 11.5. The monoisotopic (exact) mass is 242 g/mol. The second kappa shape index (κ2) is 5.74.